The van der Waals surface area contributed by atoms with Crippen molar-refractivity contribution in [3.05, 3.63) is 0 Å². The van der Waals surface area contributed by atoms with E-state index in [0.717, 1.165) is 6.54 Å². The van der Waals surface area contributed by atoms with Gasteiger partial charge in [-0.2, -0.15) is 0 Å². The molecule has 0 spiro atoms. The van der Waals surface area contributed by atoms with Gasteiger partial charge in [-0.15, -0.1) is 0 Å². The zero-order valence-electron chi connectivity index (χ0n) is 12.6. The average molecular weight is 243 g/mol. The lowest BCUT2D eigenvalue weighted by atomic mass is 9.93. The minimum Gasteiger partial charge on any atom is -0.377 e. The lowest BCUT2D eigenvalue weighted by molar-refractivity contribution is -0.0127. The Labute approximate surface area is 109 Å². The molecule has 0 bridgehead atoms. The van der Waals surface area contributed by atoms with Gasteiger partial charge in [-0.25, -0.2) is 0 Å². The molecule has 0 saturated heterocycles. The summed E-state index contributed by atoms with van der Waals surface area (Å²) in [6.07, 6.45) is 9.41. The van der Waals surface area contributed by atoms with Crippen molar-refractivity contribution >= 4 is 0 Å². The second-order valence-corrected chi connectivity index (χ2v) is 5.47. The van der Waals surface area contributed by atoms with Crippen molar-refractivity contribution in [3.8, 4) is 0 Å². The molecule has 0 amide bonds. The molecule has 0 radical (unpaired) electrons. The summed E-state index contributed by atoms with van der Waals surface area (Å²) < 4.78 is 5.59. The number of nitrogens with one attached hydrogen (secondary N) is 1. The van der Waals surface area contributed by atoms with Gasteiger partial charge in [0.1, 0.15) is 0 Å². The van der Waals surface area contributed by atoms with Gasteiger partial charge in [-0.05, 0) is 26.8 Å². The van der Waals surface area contributed by atoms with E-state index in [4.69, 9.17) is 4.74 Å². The minimum absolute atomic E-state index is 0.0561. The highest BCUT2D eigenvalue weighted by Gasteiger charge is 2.27. The Kier molecular flexibility index (Phi) is 9.85. The van der Waals surface area contributed by atoms with Crippen LogP contribution in [0.3, 0.4) is 0 Å². The van der Waals surface area contributed by atoms with Crippen molar-refractivity contribution in [2.45, 2.75) is 84.3 Å². The van der Waals surface area contributed by atoms with E-state index in [-0.39, 0.29) is 5.60 Å². The third-order valence-corrected chi connectivity index (χ3v) is 3.66. The smallest absolute Gasteiger partial charge is 0.0774 e. The van der Waals surface area contributed by atoms with Gasteiger partial charge < -0.3 is 10.1 Å². The Bertz CT molecular complexity index is 168. The summed E-state index contributed by atoms with van der Waals surface area (Å²) in [5.41, 5.74) is -0.0561. The molecule has 0 aromatic heterocycles. The molecule has 2 heteroatoms. The van der Waals surface area contributed by atoms with Crippen LogP contribution in [-0.4, -0.2) is 25.3 Å². The summed E-state index contributed by atoms with van der Waals surface area (Å²) in [5.74, 6) is 0. The van der Waals surface area contributed by atoms with Crippen molar-refractivity contribution < 1.29 is 4.74 Å². The van der Waals surface area contributed by atoms with Crippen LogP contribution in [-0.2, 0) is 4.74 Å². The van der Waals surface area contributed by atoms with E-state index in [0.29, 0.717) is 6.04 Å². The fourth-order valence-corrected chi connectivity index (χ4v) is 2.21. The molecule has 1 unspecified atom stereocenters. The van der Waals surface area contributed by atoms with Crippen molar-refractivity contribution in [2.24, 2.45) is 0 Å². The summed E-state index contributed by atoms with van der Waals surface area (Å²) in [4.78, 5) is 0. The number of methoxy groups -OCH3 is 1. The molecule has 0 fully saturated rings. The van der Waals surface area contributed by atoms with E-state index in [9.17, 15) is 0 Å². The Balaban J connectivity index is 3.78. The molecule has 0 aliphatic carbocycles. The van der Waals surface area contributed by atoms with Crippen LogP contribution >= 0.6 is 0 Å². The van der Waals surface area contributed by atoms with Crippen molar-refractivity contribution in [2.75, 3.05) is 13.7 Å². The summed E-state index contributed by atoms with van der Waals surface area (Å²) >= 11 is 0. The molecule has 0 aliphatic rings. The number of rotatable bonds is 11. The van der Waals surface area contributed by atoms with E-state index in [1.54, 1.807) is 0 Å². The standard InChI is InChI=1S/C15H33NO/c1-6-8-9-10-11-12-13-14(16-7-2)15(3,4)17-5/h14,16H,6-13H2,1-5H3. The maximum absolute atomic E-state index is 5.59. The van der Waals surface area contributed by atoms with Crippen LogP contribution in [0.4, 0.5) is 0 Å². The fourth-order valence-electron chi connectivity index (χ4n) is 2.21. The SMILES string of the molecule is CCCCCCCCC(NCC)C(C)(C)OC. The van der Waals surface area contributed by atoms with E-state index >= 15 is 0 Å². The monoisotopic (exact) mass is 243 g/mol. The summed E-state index contributed by atoms with van der Waals surface area (Å²) in [7, 11) is 1.81. The topological polar surface area (TPSA) is 21.3 Å². The Morgan fingerprint density at radius 3 is 2.12 bits per heavy atom. The van der Waals surface area contributed by atoms with Crippen LogP contribution in [0.2, 0.25) is 0 Å². The van der Waals surface area contributed by atoms with E-state index < -0.39 is 0 Å². The lowest BCUT2D eigenvalue weighted by Gasteiger charge is -2.33. The second-order valence-electron chi connectivity index (χ2n) is 5.47. The highest BCUT2D eigenvalue weighted by molar-refractivity contribution is 4.84. The molecule has 0 saturated carbocycles. The Hall–Kier alpha value is -0.0800. The molecule has 0 heterocycles. The molecule has 0 aromatic carbocycles. The van der Waals surface area contributed by atoms with E-state index in [1.165, 1.54) is 44.9 Å². The maximum Gasteiger partial charge on any atom is 0.0774 e. The molecular weight excluding hydrogens is 210 g/mol. The first-order chi connectivity index (χ1) is 8.08. The molecule has 0 aliphatic heterocycles. The Morgan fingerprint density at radius 1 is 1.00 bits per heavy atom. The van der Waals surface area contributed by atoms with Crippen LogP contribution < -0.4 is 5.32 Å². The lowest BCUT2D eigenvalue weighted by Crippen LogP contribution is -2.48. The molecule has 104 valence electrons. The number of likely N-dealkylation sites (N-methyl/N-ethyl adjacent to an activating group) is 1. The van der Waals surface area contributed by atoms with Gasteiger partial charge in [0.15, 0.2) is 0 Å². The van der Waals surface area contributed by atoms with Gasteiger partial charge >= 0.3 is 0 Å². The molecule has 1 atom stereocenters. The van der Waals surface area contributed by atoms with Crippen LogP contribution in [0.25, 0.3) is 0 Å². The quantitative estimate of drug-likeness (QED) is 0.551. The minimum atomic E-state index is -0.0561. The van der Waals surface area contributed by atoms with E-state index in [1.807, 2.05) is 7.11 Å². The number of unbranched alkanes of at least 4 members (excludes halogenated alkanes) is 5. The van der Waals surface area contributed by atoms with Crippen molar-refractivity contribution in [3.63, 3.8) is 0 Å². The van der Waals surface area contributed by atoms with Crippen LogP contribution in [0.1, 0.15) is 72.6 Å². The van der Waals surface area contributed by atoms with Crippen molar-refractivity contribution in [1.82, 2.24) is 5.32 Å². The fraction of sp³-hybridized carbons (Fsp3) is 1.00. The second kappa shape index (κ2) is 9.90. The molecule has 1 N–H and O–H groups in total. The Morgan fingerprint density at radius 2 is 1.59 bits per heavy atom. The van der Waals surface area contributed by atoms with E-state index in [2.05, 4.69) is 33.0 Å². The van der Waals surface area contributed by atoms with Gasteiger partial charge in [0.05, 0.1) is 5.60 Å². The first kappa shape index (κ1) is 16.9. The third-order valence-electron chi connectivity index (χ3n) is 3.66. The highest BCUT2D eigenvalue weighted by Crippen LogP contribution is 2.19. The van der Waals surface area contributed by atoms with Gasteiger partial charge in [0, 0.05) is 13.2 Å². The van der Waals surface area contributed by atoms with Crippen LogP contribution in [0.15, 0.2) is 0 Å². The predicted molar refractivity (Wildman–Crippen MR) is 76.5 cm³/mol. The summed E-state index contributed by atoms with van der Waals surface area (Å²) in [5, 5.41) is 3.55. The van der Waals surface area contributed by atoms with Crippen LogP contribution in [0.5, 0.6) is 0 Å². The molecule has 0 rings (SSSR count). The molecular formula is C15H33NO. The van der Waals surface area contributed by atoms with Gasteiger partial charge in [0.2, 0.25) is 0 Å². The average Bonchev–Trinajstić information content (AvgIpc) is 2.32. The summed E-state index contributed by atoms with van der Waals surface area (Å²) in [6, 6.07) is 0.476. The highest BCUT2D eigenvalue weighted by atomic mass is 16.5. The van der Waals surface area contributed by atoms with Crippen molar-refractivity contribution in [1.29, 1.82) is 0 Å². The third kappa shape index (κ3) is 7.77. The van der Waals surface area contributed by atoms with Crippen LogP contribution in [0, 0.1) is 0 Å². The number of hydrogen-bond donors (Lipinski definition) is 1. The number of hydrogen-bond acceptors (Lipinski definition) is 2. The zero-order valence-corrected chi connectivity index (χ0v) is 12.6. The number of ether oxygens (including phenoxy) is 1. The molecule has 2 nitrogen and oxygen atoms in total. The van der Waals surface area contributed by atoms with Gasteiger partial charge in [0.25, 0.3) is 0 Å². The zero-order chi connectivity index (χ0) is 13.1. The maximum atomic E-state index is 5.59. The normalized spacial score (nSPS) is 13.9. The largest absolute Gasteiger partial charge is 0.377 e. The summed E-state index contributed by atoms with van der Waals surface area (Å²) in [6.45, 7) is 9.81. The first-order valence-electron chi connectivity index (χ1n) is 7.37. The predicted octanol–water partition coefficient (Wildman–Crippen LogP) is 4.14. The van der Waals surface area contributed by atoms with Gasteiger partial charge in [-0.3, -0.25) is 0 Å². The molecule has 17 heavy (non-hydrogen) atoms. The first-order valence-corrected chi connectivity index (χ1v) is 7.37. The van der Waals surface area contributed by atoms with Gasteiger partial charge in [-0.1, -0.05) is 52.4 Å². The molecule has 0 aromatic rings.